The molecule has 4 rings (SSSR count). The molecule has 1 nitrogen and oxygen atoms in total. The Morgan fingerprint density at radius 3 is 1.59 bits per heavy atom. The molecule has 0 spiro atoms. The molecule has 2 aliphatic carbocycles. The quantitative estimate of drug-likeness (QED) is 0.343. The lowest BCUT2D eigenvalue weighted by molar-refractivity contribution is 0.282. The van der Waals surface area contributed by atoms with E-state index < -0.39 is 0 Å². The van der Waals surface area contributed by atoms with Crippen LogP contribution in [0.1, 0.15) is 151 Å². The van der Waals surface area contributed by atoms with Gasteiger partial charge in [-0.05, 0) is 106 Å². The number of aliphatic hydroxyl groups is 1. The lowest BCUT2D eigenvalue weighted by atomic mass is 9.80. The fourth-order valence-corrected chi connectivity index (χ4v) is 11.3. The Morgan fingerprint density at radius 1 is 0.703 bits per heavy atom. The molecule has 204 valence electrons. The van der Waals surface area contributed by atoms with Crippen molar-refractivity contribution in [2.45, 2.75) is 148 Å². The van der Waals surface area contributed by atoms with Crippen molar-refractivity contribution in [1.29, 1.82) is 0 Å². The second-order valence-electron chi connectivity index (χ2n) is 13.0. The van der Waals surface area contributed by atoms with Crippen molar-refractivity contribution < 1.29 is 5.11 Å². The first-order chi connectivity index (χ1) is 17.7. The first-order valence-corrected chi connectivity index (χ1v) is 16.9. The molecule has 0 atom stereocenters. The molecule has 0 saturated heterocycles. The van der Waals surface area contributed by atoms with Gasteiger partial charge < -0.3 is 5.11 Å². The van der Waals surface area contributed by atoms with Gasteiger partial charge in [-0.15, -0.1) is 0 Å². The Kier molecular flexibility index (Phi) is 9.96. The predicted octanol–water partition coefficient (Wildman–Crippen LogP) is 10.3. The number of aryl methyl sites for hydroxylation is 1. The van der Waals surface area contributed by atoms with E-state index in [9.17, 15) is 5.11 Å². The van der Waals surface area contributed by atoms with E-state index in [1.165, 1.54) is 97.6 Å². The second kappa shape index (κ2) is 12.8. The van der Waals surface area contributed by atoms with Gasteiger partial charge >= 0.3 is 0 Å². The molecule has 2 aromatic rings. The van der Waals surface area contributed by atoms with Gasteiger partial charge in [0.2, 0.25) is 0 Å². The van der Waals surface area contributed by atoms with Crippen LogP contribution in [0.15, 0.2) is 24.3 Å². The minimum absolute atomic E-state index is 0.127. The van der Waals surface area contributed by atoms with E-state index in [4.69, 9.17) is 0 Å². The molecule has 2 aromatic carbocycles. The second-order valence-corrected chi connectivity index (χ2v) is 15.7. The number of hydrogen-bond donors (Lipinski definition) is 1. The van der Waals surface area contributed by atoms with E-state index in [1.807, 2.05) is 0 Å². The van der Waals surface area contributed by atoms with Crippen LogP contribution >= 0.6 is 7.92 Å². The van der Waals surface area contributed by atoms with Gasteiger partial charge in [0.15, 0.2) is 0 Å². The zero-order valence-electron chi connectivity index (χ0n) is 24.9. The highest BCUT2D eigenvalue weighted by molar-refractivity contribution is 7.67. The number of hydrogen-bond acceptors (Lipinski definition) is 1. The molecule has 0 aliphatic heterocycles. The van der Waals surface area contributed by atoms with Crippen molar-refractivity contribution >= 4 is 13.2 Å². The number of benzene rings is 2. The minimum Gasteiger partial charge on any atom is -0.392 e. The summed E-state index contributed by atoms with van der Waals surface area (Å²) >= 11 is 0. The zero-order chi connectivity index (χ0) is 26.7. The molecule has 1 N–H and O–H groups in total. The molecule has 0 radical (unpaired) electrons. The summed E-state index contributed by atoms with van der Waals surface area (Å²) in [6.45, 7) is 16.6. The average Bonchev–Trinajstić information content (AvgIpc) is 2.90. The first kappa shape index (κ1) is 28.8. The van der Waals surface area contributed by atoms with Gasteiger partial charge in [-0.3, -0.25) is 0 Å². The van der Waals surface area contributed by atoms with Crippen molar-refractivity contribution in [2.75, 3.05) is 0 Å². The van der Waals surface area contributed by atoms with E-state index in [-0.39, 0.29) is 14.5 Å². The van der Waals surface area contributed by atoms with Gasteiger partial charge in [0.25, 0.3) is 0 Å². The SMILES string of the molecule is Cc1ccc(CO)c(-c2c(C(C)C)cc(C(C)C)cc2C(C)C)c1P(C1CCCCC1)C1CCCCC1. The van der Waals surface area contributed by atoms with Crippen molar-refractivity contribution in [3.8, 4) is 11.1 Å². The van der Waals surface area contributed by atoms with Crippen molar-refractivity contribution in [3.05, 3.63) is 52.1 Å². The standard InChI is InChI=1S/C35H53OP/c1-23(2)28-20-31(24(3)4)34(32(21-28)25(5)6)33-27(22-36)19-18-26(7)35(33)37(29-14-10-8-11-15-29)30-16-12-9-13-17-30/h18-21,23-25,29-30,36H,8-17,22H2,1-7H3. The van der Waals surface area contributed by atoms with Gasteiger partial charge in [0.05, 0.1) is 6.61 Å². The topological polar surface area (TPSA) is 20.2 Å². The maximum Gasteiger partial charge on any atom is 0.0688 e. The molecule has 2 fully saturated rings. The summed E-state index contributed by atoms with van der Waals surface area (Å²) in [5.41, 5.74) is 11.7. The van der Waals surface area contributed by atoms with Crippen LogP contribution in [0.4, 0.5) is 0 Å². The maximum absolute atomic E-state index is 10.8. The summed E-state index contributed by atoms with van der Waals surface area (Å²) in [7, 11) is -0.274. The third-order valence-electron chi connectivity index (χ3n) is 9.21. The smallest absolute Gasteiger partial charge is 0.0688 e. The summed E-state index contributed by atoms with van der Waals surface area (Å²) in [6.07, 6.45) is 14.1. The lowest BCUT2D eigenvalue weighted by Crippen LogP contribution is -2.29. The highest BCUT2D eigenvalue weighted by Gasteiger charge is 2.36. The van der Waals surface area contributed by atoms with Crippen LogP contribution < -0.4 is 5.30 Å². The third kappa shape index (κ3) is 6.20. The Hall–Kier alpha value is -1.17. The summed E-state index contributed by atoms with van der Waals surface area (Å²) < 4.78 is 0. The van der Waals surface area contributed by atoms with Gasteiger partial charge in [0.1, 0.15) is 0 Å². The molecule has 2 heteroatoms. The molecular formula is C35H53OP. The molecule has 2 saturated carbocycles. The summed E-state index contributed by atoms with van der Waals surface area (Å²) in [5, 5.41) is 12.5. The summed E-state index contributed by atoms with van der Waals surface area (Å²) in [6, 6.07) is 9.60. The third-order valence-corrected chi connectivity index (χ3v) is 12.9. The maximum atomic E-state index is 10.8. The first-order valence-electron chi connectivity index (χ1n) is 15.4. The summed E-state index contributed by atoms with van der Waals surface area (Å²) in [4.78, 5) is 0. The van der Waals surface area contributed by atoms with Gasteiger partial charge in [-0.2, -0.15) is 0 Å². The molecule has 0 heterocycles. The van der Waals surface area contributed by atoms with E-state index in [0.717, 1.165) is 16.9 Å². The lowest BCUT2D eigenvalue weighted by Gasteiger charge is -2.41. The molecule has 0 unspecified atom stereocenters. The molecule has 0 bridgehead atoms. The summed E-state index contributed by atoms with van der Waals surface area (Å²) in [5.74, 6) is 1.41. The normalized spacial score (nSPS) is 18.1. The fraction of sp³-hybridized carbons (Fsp3) is 0.657. The average molecular weight is 521 g/mol. The van der Waals surface area contributed by atoms with Crippen LogP contribution in [0, 0.1) is 6.92 Å². The fourth-order valence-electron chi connectivity index (χ4n) is 7.11. The Labute approximate surface area is 229 Å². The molecule has 2 aliphatic rings. The van der Waals surface area contributed by atoms with Crippen molar-refractivity contribution in [3.63, 3.8) is 0 Å². The van der Waals surface area contributed by atoms with Crippen LogP contribution in [0.3, 0.4) is 0 Å². The van der Waals surface area contributed by atoms with E-state index in [0.29, 0.717) is 17.8 Å². The minimum atomic E-state index is -0.274. The number of aliphatic hydroxyl groups excluding tert-OH is 1. The highest BCUT2D eigenvalue weighted by atomic mass is 31.1. The number of rotatable bonds is 8. The van der Waals surface area contributed by atoms with Gasteiger partial charge in [0, 0.05) is 0 Å². The predicted molar refractivity (Wildman–Crippen MR) is 165 cm³/mol. The van der Waals surface area contributed by atoms with Crippen molar-refractivity contribution in [1.82, 2.24) is 0 Å². The molecule has 0 aromatic heterocycles. The highest BCUT2D eigenvalue weighted by Crippen LogP contribution is 2.58. The zero-order valence-corrected chi connectivity index (χ0v) is 25.8. The molecule has 37 heavy (non-hydrogen) atoms. The van der Waals surface area contributed by atoms with E-state index in [1.54, 1.807) is 5.30 Å². The van der Waals surface area contributed by atoms with Crippen LogP contribution in [0.2, 0.25) is 0 Å². The van der Waals surface area contributed by atoms with Gasteiger partial charge in [-0.25, -0.2) is 0 Å². The van der Waals surface area contributed by atoms with Gasteiger partial charge in [-0.1, -0.05) is 112 Å². The van der Waals surface area contributed by atoms with Crippen molar-refractivity contribution in [2.24, 2.45) is 0 Å². The molecule has 0 amide bonds. The van der Waals surface area contributed by atoms with Crippen LogP contribution in [0.5, 0.6) is 0 Å². The Bertz CT molecular complexity index is 990. The van der Waals surface area contributed by atoms with E-state index in [2.05, 4.69) is 72.7 Å². The largest absolute Gasteiger partial charge is 0.392 e. The van der Waals surface area contributed by atoms with Crippen LogP contribution in [0.25, 0.3) is 11.1 Å². The monoisotopic (exact) mass is 520 g/mol. The van der Waals surface area contributed by atoms with Crippen LogP contribution in [-0.4, -0.2) is 16.4 Å². The van der Waals surface area contributed by atoms with E-state index >= 15 is 0 Å². The Balaban J connectivity index is 2.05. The molecular weight excluding hydrogens is 467 g/mol. The Morgan fingerprint density at radius 2 is 1.19 bits per heavy atom. The van der Waals surface area contributed by atoms with Crippen LogP contribution in [-0.2, 0) is 6.61 Å².